The highest BCUT2D eigenvalue weighted by molar-refractivity contribution is 5.99. The monoisotopic (exact) mass is 353 g/mol. The lowest BCUT2D eigenvalue weighted by Crippen LogP contribution is -2.41. The van der Waals surface area contributed by atoms with E-state index in [2.05, 4.69) is 34.9 Å². The van der Waals surface area contributed by atoms with Crippen LogP contribution < -0.4 is 20.3 Å². The van der Waals surface area contributed by atoms with Crippen molar-refractivity contribution >= 4 is 23.2 Å². The van der Waals surface area contributed by atoms with Gasteiger partial charge in [0.15, 0.2) is 6.10 Å². The smallest absolute Gasteiger partial charge is 0.266 e. The summed E-state index contributed by atoms with van der Waals surface area (Å²) in [5, 5.41) is 5.61. The second-order valence-corrected chi connectivity index (χ2v) is 6.46. The van der Waals surface area contributed by atoms with Crippen molar-refractivity contribution in [3.63, 3.8) is 0 Å². The Morgan fingerprint density at radius 3 is 2.62 bits per heavy atom. The minimum absolute atomic E-state index is 0.000263. The van der Waals surface area contributed by atoms with E-state index in [-0.39, 0.29) is 18.2 Å². The van der Waals surface area contributed by atoms with Gasteiger partial charge in [0.25, 0.3) is 5.91 Å². The lowest BCUT2D eigenvalue weighted by molar-refractivity contribution is -0.130. The second kappa shape index (κ2) is 7.91. The first-order chi connectivity index (χ1) is 12.5. The molecule has 0 saturated heterocycles. The fraction of sp³-hybridized carbons (Fsp3) is 0.300. The lowest BCUT2D eigenvalue weighted by atomic mass is 10.1. The predicted molar refractivity (Wildman–Crippen MR) is 102 cm³/mol. The number of rotatable bonds is 6. The molecule has 136 valence electrons. The molecule has 1 aliphatic rings. The molecule has 0 saturated carbocycles. The van der Waals surface area contributed by atoms with Crippen molar-refractivity contribution in [1.29, 1.82) is 0 Å². The van der Waals surface area contributed by atoms with Crippen molar-refractivity contribution in [1.82, 2.24) is 5.32 Å². The molecule has 6 nitrogen and oxygen atoms in total. The van der Waals surface area contributed by atoms with Crippen molar-refractivity contribution in [3.8, 4) is 5.75 Å². The average Bonchev–Trinajstić information content (AvgIpc) is 2.63. The molecule has 0 radical (unpaired) electrons. The third-order valence-corrected chi connectivity index (χ3v) is 4.27. The molecule has 26 heavy (non-hydrogen) atoms. The minimum Gasteiger partial charge on any atom is -0.478 e. The third-order valence-electron chi connectivity index (χ3n) is 4.27. The van der Waals surface area contributed by atoms with E-state index >= 15 is 0 Å². The van der Waals surface area contributed by atoms with Gasteiger partial charge in [0, 0.05) is 26.3 Å². The van der Waals surface area contributed by atoms with E-state index in [1.54, 1.807) is 12.1 Å². The molecule has 0 bridgehead atoms. The quantitative estimate of drug-likeness (QED) is 0.835. The van der Waals surface area contributed by atoms with Crippen molar-refractivity contribution in [3.05, 3.63) is 54.1 Å². The Morgan fingerprint density at radius 2 is 1.88 bits per heavy atom. The number of para-hydroxylation sites is 2. The van der Waals surface area contributed by atoms with Gasteiger partial charge in [0.1, 0.15) is 5.75 Å². The number of anilines is 2. The number of benzene rings is 2. The van der Waals surface area contributed by atoms with Gasteiger partial charge >= 0.3 is 0 Å². The number of hydrogen-bond acceptors (Lipinski definition) is 4. The van der Waals surface area contributed by atoms with Crippen LogP contribution in [0.15, 0.2) is 48.5 Å². The van der Waals surface area contributed by atoms with E-state index in [1.807, 2.05) is 31.1 Å². The summed E-state index contributed by atoms with van der Waals surface area (Å²) in [6.45, 7) is 0.519. The molecule has 2 aromatic carbocycles. The van der Waals surface area contributed by atoms with Gasteiger partial charge in [-0.15, -0.1) is 0 Å². The van der Waals surface area contributed by atoms with E-state index in [9.17, 15) is 9.59 Å². The molecule has 0 aromatic heterocycles. The summed E-state index contributed by atoms with van der Waals surface area (Å²) in [4.78, 5) is 26.2. The van der Waals surface area contributed by atoms with Crippen molar-refractivity contribution in [2.75, 3.05) is 30.9 Å². The largest absolute Gasteiger partial charge is 0.478 e. The summed E-state index contributed by atoms with van der Waals surface area (Å²) in [5.74, 6) is 0.0958. The van der Waals surface area contributed by atoms with Crippen LogP contribution >= 0.6 is 0 Å². The van der Waals surface area contributed by atoms with Gasteiger partial charge in [0.05, 0.1) is 12.1 Å². The maximum Gasteiger partial charge on any atom is 0.266 e. The molecule has 1 atom stereocenters. The number of hydrogen-bond donors (Lipinski definition) is 2. The summed E-state index contributed by atoms with van der Waals surface area (Å²) in [7, 11) is 3.99. The lowest BCUT2D eigenvalue weighted by Gasteiger charge is -2.25. The highest BCUT2D eigenvalue weighted by Gasteiger charge is 2.29. The Balaban J connectivity index is 1.46. The average molecular weight is 353 g/mol. The number of fused-ring (bicyclic) bond motifs is 1. The van der Waals surface area contributed by atoms with Crippen LogP contribution in [0.2, 0.25) is 0 Å². The van der Waals surface area contributed by atoms with Crippen LogP contribution in [0.1, 0.15) is 12.0 Å². The fourth-order valence-electron chi connectivity index (χ4n) is 2.77. The van der Waals surface area contributed by atoms with Crippen LogP contribution in [0.4, 0.5) is 11.4 Å². The first-order valence-electron chi connectivity index (χ1n) is 8.62. The third kappa shape index (κ3) is 4.33. The molecule has 3 rings (SSSR count). The molecule has 6 heteroatoms. The standard InChI is InChI=1S/C20H23N3O3/c1-23(2)15-9-7-14(8-10-15)11-12-21-19(24)13-18-20(25)22-16-5-3-4-6-17(16)26-18/h3-10,18H,11-13H2,1-2H3,(H,21,24)(H,22,25)/t18-/m0/s1. The number of ether oxygens (including phenoxy) is 1. The fourth-order valence-corrected chi connectivity index (χ4v) is 2.77. The molecular formula is C20H23N3O3. The number of carbonyl (C=O) groups is 2. The van der Waals surface area contributed by atoms with Crippen LogP contribution in [-0.2, 0) is 16.0 Å². The molecule has 0 spiro atoms. The first-order valence-corrected chi connectivity index (χ1v) is 8.62. The van der Waals surface area contributed by atoms with E-state index in [0.717, 1.165) is 17.7 Å². The van der Waals surface area contributed by atoms with Crippen molar-refractivity contribution in [2.45, 2.75) is 18.9 Å². The summed E-state index contributed by atoms with van der Waals surface area (Å²) in [6.07, 6.45) is -0.0657. The Labute approximate surface area is 153 Å². The maximum absolute atomic E-state index is 12.1. The normalized spacial score (nSPS) is 15.5. The van der Waals surface area contributed by atoms with Gasteiger partial charge in [-0.2, -0.15) is 0 Å². The molecule has 0 aliphatic carbocycles. The van der Waals surface area contributed by atoms with Gasteiger partial charge in [-0.3, -0.25) is 9.59 Å². The first kappa shape index (κ1) is 17.8. The highest BCUT2D eigenvalue weighted by atomic mass is 16.5. The Bertz CT molecular complexity index is 787. The van der Waals surface area contributed by atoms with Gasteiger partial charge < -0.3 is 20.3 Å². The molecule has 2 amide bonds. The van der Waals surface area contributed by atoms with Crippen LogP contribution in [0.5, 0.6) is 5.75 Å². The van der Waals surface area contributed by atoms with Crippen LogP contribution in [0.25, 0.3) is 0 Å². The number of amides is 2. The van der Waals surface area contributed by atoms with E-state index < -0.39 is 6.10 Å². The van der Waals surface area contributed by atoms with Gasteiger partial charge in [-0.25, -0.2) is 0 Å². The number of nitrogens with one attached hydrogen (secondary N) is 2. The van der Waals surface area contributed by atoms with Crippen molar-refractivity contribution in [2.24, 2.45) is 0 Å². The molecule has 1 heterocycles. The zero-order chi connectivity index (χ0) is 18.5. The molecule has 0 unspecified atom stereocenters. The molecule has 0 fully saturated rings. The van der Waals surface area contributed by atoms with Gasteiger partial charge in [0.2, 0.25) is 5.91 Å². The Kier molecular flexibility index (Phi) is 5.41. The summed E-state index contributed by atoms with van der Waals surface area (Å²) in [6, 6.07) is 15.4. The van der Waals surface area contributed by atoms with Gasteiger partial charge in [-0.1, -0.05) is 24.3 Å². The van der Waals surface area contributed by atoms with Crippen LogP contribution in [0.3, 0.4) is 0 Å². The number of nitrogens with zero attached hydrogens (tertiary/aromatic N) is 1. The van der Waals surface area contributed by atoms with E-state index in [4.69, 9.17) is 4.74 Å². The highest BCUT2D eigenvalue weighted by Crippen LogP contribution is 2.29. The number of carbonyl (C=O) groups excluding carboxylic acids is 2. The van der Waals surface area contributed by atoms with Gasteiger partial charge in [-0.05, 0) is 36.2 Å². The van der Waals surface area contributed by atoms with E-state index in [1.165, 1.54) is 0 Å². The minimum atomic E-state index is -0.802. The Hall–Kier alpha value is -3.02. The summed E-state index contributed by atoms with van der Waals surface area (Å²) < 4.78 is 5.64. The van der Waals surface area contributed by atoms with Crippen LogP contribution in [0, 0.1) is 0 Å². The SMILES string of the molecule is CN(C)c1ccc(CCNC(=O)C[C@@H]2Oc3ccccc3NC2=O)cc1. The molecular weight excluding hydrogens is 330 g/mol. The second-order valence-electron chi connectivity index (χ2n) is 6.46. The molecule has 1 aliphatic heterocycles. The summed E-state index contributed by atoms with van der Waals surface area (Å²) in [5.41, 5.74) is 2.92. The van der Waals surface area contributed by atoms with Crippen molar-refractivity contribution < 1.29 is 14.3 Å². The summed E-state index contributed by atoms with van der Waals surface area (Å²) >= 11 is 0. The predicted octanol–water partition coefficient (Wildman–Crippen LogP) is 2.20. The molecule has 2 N–H and O–H groups in total. The molecule has 2 aromatic rings. The van der Waals surface area contributed by atoms with E-state index in [0.29, 0.717) is 18.0 Å². The zero-order valence-corrected chi connectivity index (χ0v) is 15.0. The zero-order valence-electron chi connectivity index (χ0n) is 15.0. The Morgan fingerprint density at radius 1 is 1.15 bits per heavy atom. The topological polar surface area (TPSA) is 70.7 Å². The maximum atomic E-state index is 12.1. The van der Waals surface area contributed by atoms with Crippen LogP contribution in [-0.4, -0.2) is 38.6 Å².